The van der Waals surface area contributed by atoms with E-state index in [1.165, 1.54) is 0 Å². The Hall–Kier alpha value is -2.61. The van der Waals surface area contributed by atoms with E-state index in [4.69, 9.17) is 4.74 Å². The quantitative estimate of drug-likeness (QED) is 0.715. The van der Waals surface area contributed by atoms with Crippen molar-refractivity contribution in [3.05, 3.63) is 24.4 Å². The van der Waals surface area contributed by atoms with Gasteiger partial charge in [-0.05, 0) is 31.7 Å². The number of hydrogen-bond acceptors (Lipinski definition) is 6. The number of aromatic nitrogens is 2. The third-order valence-corrected chi connectivity index (χ3v) is 5.17. The van der Waals surface area contributed by atoms with E-state index in [0.717, 1.165) is 36.6 Å². The van der Waals surface area contributed by atoms with Crippen molar-refractivity contribution in [3.63, 3.8) is 0 Å². The number of urea groups is 1. The molecule has 2 heterocycles. The van der Waals surface area contributed by atoms with E-state index in [9.17, 15) is 9.90 Å². The van der Waals surface area contributed by atoms with Crippen molar-refractivity contribution < 1.29 is 14.6 Å². The fraction of sp³-hybridized carbons (Fsp3) is 0.526. The number of carbonyl (C=O) groups is 1. The summed E-state index contributed by atoms with van der Waals surface area (Å²) in [6, 6.07) is 6.01. The second-order valence-corrected chi connectivity index (χ2v) is 7.10. The molecule has 1 aromatic carbocycles. The van der Waals surface area contributed by atoms with Crippen LogP contribution in [0.2, 0.25) is 0 Å². The van der Waals surface area contributed by atoms with Crippen LogP contribution in [-0.2, 0) is 0 Å². The predicted molar refractivity (Wildman–Crippen MR) is 102 cm³/mol. The summed E-state index contributed by atoms with van der Waals surface area (Å²) in [5.41, 5.74) is 0.761. The Balaban J connectivity index is 1.43. The average Bonchev–Trinajstić information content (AvgIpc) is 3.09. The maximum Gasteiger partial charge on any atom is 0.317 e. The van der Waals surface area contributed by atoms with E-state index >= 15 is 0 Å². The number of aliphatic hydroxyl groups excluding tert-OH is 1. The summed E-state index contributed by atoms with van der Waals surface area (Å²) in [7, 11) is 0. The lowest BCUT2D eigenvalue weighted by Crippen LogP contribution is -2.31. The number of rotatable bonds is 6. The zero-order valence-electron chi connectivity index (χ0n) is 15.2. The van der Waals surface area contributed by atoms with Gasteiger partial charge in [0, 0.05) is 30.7 Å². The molecule has 1 aliphatic carbocycles. The lowest BCUT2D eigenvalue weighted by molar-refractivity contribution is 0.126. The van der Waals surface area contributed by atoms with Crippen LogP contribution in [0.5, 0.6) is 5.75 Å². The standard InChI is InChI=1S/C19H25N5O3/c25-15-6-4-14(5-7-15)22-18-21-12-13-2-1-3-16(17(13)23-18)27-11-10-24-9-8-20-19(24)26/h1-3,12,14-15,25H,4-11H2,(H,20,26)(H,21,22,23)/t14-,15-. The molecule has 2 fully saturated rings. The molecule has 2 aliphatic rings. The van der Waals surface area contributed by atoms with Crippen molar-refractivity contribution in [2.45, 2.75) is 37.8 Å². The second kappa shape index (κ2) is 7.96. The van der Waals surface area contributed by atoms with Crippen molar-refractivity contribution in [2.24, 2.45) is 0 Å². The number of carbonyl (C=O) groups excluding carboxylic acids is 1. The molecule has 2 amide bonds. The minimum atomic E-state index is -0.182. The highest BCUT2D eigenvalue weighted by Gasteiger charge is 2.21. The molecular weight excluding hydrogens is 346 g/mol. The lowest BCUT2D eigenvalue weighted by atomic mass is 9.93. The topological polar surface area (TPSA) is 99.6 Å². The molecule has 1 aliphatic heterocycles. The maximum absolute atomic E-state index is 11.6. The maximum atomic E-state index is 11.6. The fourth-order valence-electron chi connectivity index (χ4n) is 3.61. The highest BCUT2D eigenvalue weighted by Crippen LogP contribution is 2.26. The molecule has 1 aromatic heterocycles. The first-order valence-corrected chi connectivity index (χ1v) is 9.55. The number of fused-ring (bicyclic) bond motifs is 1. The smallest absolute Gasteiger partial charge is 0.317 e. The Kier molecular flexibility index (Phi) is 5.24. The fourth-order valence-corrected chi connectivity index (χ4v) is 3.61. The van der Waals surface area contributed by atoms with Crippen LogP contribution in [0.25, 0.3) is 10.9 Å². The molecule has 1 saturated carbocycles. The van der Waals surface area contributed by atoms with Gasteiger partial charge in [-0.25, -0.2) is 14.8 Å². The van der Waals surface area contributed by atoms with E-state index in [0.29, 0.717) is 37.9 Å². The summed E-state index contributed by atoms with van der Waals surface area (Å²) in [4.78, 5) is 22.4. The average molecular weight is 371 g/mol. The van der Waals surface area contributed by atoms with Gasteiger partial charge in [0.2, 0.25) is 5.95 Å². The van der Waals surface area contributed by atoms with Gasteiger partial charge < -0.3 is 25.4 Å². The molecule has 0 unspecified atom stereocenters. The van der Waals surface area contributed by atoms with E-state index in [1.807, 2.05) is 18.2 Å². The number of anilines is 1. The van der Waals surface area contributed by atoms with Gasteiger partial charge in [0.05, 0.1) is 12.6 Å². The second-order valence-electron chi connectivity index (χ2n) is 7.10. The molecule has 2 aromatic rings. The Morgan fingerprint density at radius 1 is 1.30 bits per heavy atom. The van der Waals surface area contributed by atoms with Crippen LogP contribution in [0.15, 0.2) is 24.4 Å². The third-order valence-electron chi connectivity index (χ3n) is 5.17. The number of para-hydroxylation sites is 1. The van der Waals surface area contributed by atoms with Crippen molar-refractivity contribution in [2.75, 3.05) is 31.6 Å². The Bertz CT molecular complexity index is 807. The van der Waals surface area contributed by atoms with Crippen molar-refractivity contribution in [3.8, 4) is 5.75 Å². The first-order valence-electron chi connectivity index (χ1n) is 9.55. The minimum Gasteiger partial charge on any atom is -0.489 e. The SMILES string of the molecule is O=C1NCCN1CCOc1cccc2cnc(N[C@H]3CC[C@H](O)CC3)nc12. The summed E-state index contributed by atoms with van der Waals surface area (Å²) in [5.74, 6) is 1.27. The van der Waals surface area contributed by atoms with Gasteiger partial charge in [-0.15, -0.1) is 0 Å². The van der Waals surface area contributed by atoms with Gasteiger partial charge in [0.1, 0.15) is 17.9 Å². The molecule has 0 bridgehead atoms. The van der Waals surface area contributed by atoms with E-state index in [2.05, 4.69) is 20.6 Å². The molecular formula is C19H25N5O3. The largest absolute Gasteiger partial charge is 0.489 e. The zero-order chi connectivity index (χ0) is 18.6. The molecule has 8 heteroatoms. The molecule has 27 heavy (non-hydrogen) atoms. The summed E-state index contributed by atoms with van der Waals surface area (Å²) in [6.07, 6.45) is 5.06. The minimum absolute atomic E-state index is 0.0390. The normalized spacial score (nSPS) is 22.7. The first kappa shape index (κ1) is 17.8. The Labute approximate surface area is 157 Å². The van der Waals surface area contributed by atoms with E-state index in [1.54, 1.807) is 11.1 Å². The van der Waals surface area contributed by atoms with Gasteiger partial charge >= 0.3 is 6.03 Å². The zero-order valence-corrected chi connectivity index (χ0v) is 15.2. The number of ether oxygens (including phenoxy) is 1. The molecule has 144 valence electrons. The van der Waals surface area contributed by atoms with Crippen LogP contribution in [0, 0.1) is 0 Å². The number of amides is 2. The van der Waals surface area contributed by atoms with Crippen LogP contribution >= 0.6 is 0 Å². The molecule has 0 radical (unpaired) electrons. The molecule has 4 rings (SSSR count). The van der Waals surface area contributed by atoms with Gasteiger partial charge in [-0.3, -0.25) is 0 Å². The van der Waals surface area contributed by atoms with Crippen molar-refractivity contribution in [1.29, 1.82) is 0 Å². The van der Waals surface area contributed by atoms with Crippen LogP contribution in [0.4, 0.5) is 10.7 Å². The summed E-state index contributed by atoms with van der Waals surface area (Å²) < 4.78 is 5.92. The molecule has 8 nitrogen and oxygen atoms in total. The van der Waals surface area contributed by atoms with Gasteiger partial charge in [-0.2, -0.15) is 0 Å². The van der Waals surface area contributed by atoms with Crippen molar-refractivity contribution >= 4 is 22.9 Å². The number of benzene rings is 1. The van der Waals surface area contributed by atoms with Crippen LogP contribution < -0.4 is 15.4 Å². The molecule has 1 saturated heterocycles. The van der Waals surface area contributed by atoms with E-state index in [-0.39, 0.29) is 18.2 Å². The Morgan fingerprint density at radius 3 is 2.93 bits per heavy atom. The summed E-state index contributed by atoms with van der Waals surface area (Å²) in [6.45, 7) is 2.36. The molecule has 3 N–H and O–H groups in total. The van der Waals surface area contributed by atoms with Crippen molar-refractivity contribution in [1.82, 2.24) is 20.2 Å². The van der Waals surface area contributed by atoms with Gasteiger partial charge in [0.25, 0.3) is 0 Å². The first-order chi connectivity index (χ1) is 13.2. The van der Waals surface area contributed by atoms with Gasteiger partial charge in [0.15, 0.2) is 0 Å². The number of hydrogen-bond donors (Lipinski definition) is 3. The number of nitrogens with one attached hydrogen (secondary N) is 2. The van der Waals surface area contributed by atoms with Crippen LogP contribution in [-0.4, -0.2) is 64.4 Å². The lowest BCUT2D eigenvalue weighted by Gasteiger charge is -2.26. The van der Waals surface area contributed by atoms with Gasteiger partial charge in [-0.1, -0.05) is 12.1 Å². The predicted octanol–water partition coefficient (Wildman–Crippen LogP) is 1.75. The summed E-state index contributed by atoms with van der Waals surface area (Å²) in [5, 5.41) is 16.7. The molecule has 0 atom stereocenters. The molecule has 0 spiro atoms. The van der Waals surface area contributed by atoms with Crippen LogP contribution in [0.1, 0.15) is 25.7 Å². The third kappa shape index (κ3) is 4.21. The monoisotopic (exact) mass is 371 g/mol. The van der Waals surface area contributed by atoms with E-state index < -0.39 is 0 Å². The van der Waals surface area contributed by atoms with Crippen LogP contribution in [0.3, 0.4) is 0 Å². The number of aliphatic hydroxyl groups is 1. The number of nitrogens with zero attached hydrogens (tertiary/aromatic N) is 3. The highest BCUT2D eigenvalue weighted by molar-refractivity contribution is 5.84. The summed E-state index contributed by atoms with van der Waals surface area (Å²) >= 11 is 0. The Morgan fingerprint density at radius 2 is 2.15 bits per heavy atom. The highest BCUT2D eigenvalue weighted by atomic mass is 16.5.